The van der Waals surface area contributed by atoms with Gasteiger partial charge in [0.15, 0.2) is 11.5 Å². The minimum atomic E-state index is 0.256. The summed E-state index contributed by atoms with van der Waals surface area (Å²) < 4.78 is 1.55. The zero-order valence-electron chi connectivity index (χ0n) is 6.61. The summed E-state index contributed by atoms with van der Waals surface area (Å²) in [5, 5.41) is 12.8. The summed E-state index contributed by atoms with van der Waals surface area (Å²) >= 11 is 5.57. The van der Waals surface area contributed by atoms with Gasteiger partial charge < -0.3 is 0 Å². The van der Waals surface area contributed by atoms with Crippen LogP contribution >= 0.6 is 11.6 Å². The molecule has 0 bridgehead atoms. The molecule has 0 atom stereocenters. The molecule has 0 amide bonds. The minimum absolute atomic E-state index is 0.256. The minimum Gasteiger partial charge on any atom is -0.219 e. The van der Waals surface area contributed by atoms with Crippen molar-refractivity contribution in [1.29, 1.82) is 5.26 Å². The summed E-state index contributed by atoms with van der Waals surface area (Å²) in [6.07, 6.45) is 1.74. The maximum atomic E-state index is 8.75. The zero-order valence-corrected chi connectivity index (χ0v) is 7.36. The summed E-state index contributed by atoms with van der Waals surface area (Å²) in [5.74, 6) is 0.788. The van der Waals surface area contributed by atoms with Crippen LogP contribution in [-0.2, 0) is 5.88 Å². The Hall–Kier alpha value is -1.60. The highest BCUT2D eigenvalue weighted by molar-refractivity contribution is 6.16. The van der Waals surface area contributed by atoms with E-state index >= 15 is 0 Å². The summed E-state index contributed by atoms with van der Waals surface area (Å²) in [5.41, 5.74) is 1.06. The first-order valence-corrected chi connectivity index (χ1v) is 4.19. The maximum absolute atomic E-state index is 8.75. The quantitative estimate of drug-likeness (QED) is 0.641. The van der Waals surface area contributed by atoms with Gasteiger partial charge in [0.05, 0.1) is 11.4 Å². The van der Waals surface area contributed by atoms with E-state index in [2.05, 4.69) is 10.1 Å². The fraction of sp³-hybridized carbons (Fsp3) is 0.125. The van der Waals surface area contributed by atoms with E-state index < -0.39 is 0 Å². The van der Waals surface area contributed by atoms with Crippen LogP contribution in [0.3, 0.4) is 0 Å². The Morgan fingerprint density at radius 2 is 2.46 bits per heavy atom. The Morgan fingerprint density at radius 1 is 1.62 bits per heavy atom. The monoisotopic (exact) mass is 192 g/mol. The molecule has 0 aliphatic heterocycles. The van der Waals surface area contributed by atoms with Crippen LogP contribution in [0.1, 0.15) is 11.4 Å². The number of pyridine rings is 1. The summed E-state index contributed by atoms with van der Waals surface area (Å²) in [6.45, 7) is 0. The van der Waals surface area contributed by atoms with Crippen LogP contribution < -0.4 is 0 Å². The molecule has 2 aromatic rings. The van der Waals surface area contributed by atoms with E-state index in [4.69, 9.17) is 16.9 Å². The average Bonchev–Trinajstić information content (AvgIpc) is 2.59. The molecule has 0 spiro atoms. The van der Waals surface area contributed by atoms with Crippen molar-refractivity contribution >= 4 is 17.2 Å². The molecule has 2 heterocycles. The smallest absolute Gasteiger partial charge is 0.173 e. The molecule has 4 nitrogen and oxygen atoms in total. The topological polar surface area (TPSA) is 54.0 Å². The van der Waals surface area contributed by atoms with E-state index in [-0.39, 0.29) is 5.88 Å². The van der Waals surface area contributed by atoms with Crippen molar-refractivity contribution in [2.75, 3.05) is 0 Å². The second-order valence-corrected chi connectivity index (χ2v) is 2.73. The van der Waals surface area contributed by atoms with Gasteiger partial charge in [-0.25, -0.2) is 9.50 Å². The van der Waals surface area contributed by atoms with E-state index in [1.807, 2.05) is 6.07 Å². The molecule has 2 aromatic heterocycles. The van der Waals surface area contributed by atoms with Crippen molar-refractivity contribution in [1.82, 2.24) is 14.6 Å². The fourth-order valence-corrected chi connectivity index (χ4v) is 1.21. The third-order valence-electron chi connectivity index (χ3n) is 1.65. The summed E-state index contributed by atoms with van der Waals surface area (Å²) in [7, 11) is 0. The molecule has 0 radical (unpaired) electrons. The van der Waals surface area contributed by atoms with Crippen molar-refractivity contribution in [3.8, 4) is 6.07 Å². The molecule has 0 N–H and O–H groups in total. The van der Waals surface area contributed by atoms with Crippen LogP contribution in [0.25, 0.3) is 5.65 Å². The van der Waals surface area contributed by atoms with Gasteiger partial charge >= 0.3 is 0 Å². The predicted molar refractivity (Wildman–Crippen MR) is 47.3 cm³/mol. The Balaban J connectivity index is 2.76. The third-order valence-corrected chi connectivity index (χ3v) is 1.89. The standard InChI is InChI=1S/C8H5ClN4/c9-4-7-11-8-6(5-10)2-1-3-13(8)12-7/h1-3H,4H2. The van der Waals surface area contributed by atoms with Gasteiger partial charge in [-0.15, -0.1) is 16.7 Å². The number of nitrogens with zero attached hydrogens (tertiary/aromatic N) is 4. The number of rotatable bonds is 1. The first-order valence-electron chi connectivity index (χ1n) is 3.65. The van der Waals surface area contributed by atoms with Crippen molar-refractivity contribution < 1.29 is 0 Å². The van der Waals surface area contributed by atoms with Crippen LogP contribution in [0.4, 0.5) is 0 Å². The van der Waals surface area contributed by atoms with Gasteiger partial charge in [-0.3, -0.25) is 0 Å². The molecule has 0 unspecified atom stereocenters. The Kier molecular flexibility index (Phi) is 1.87. The van der Waals surface area contributed by atoms with Gasteiger partial charge in [-0.2, -0.15) is 5.26 Å². The van der Waals surface area contributed by atoms with Crippen molar-refractivity contribution in [2.45, 2.75) is 5.88 Å². The molecular formula is C8H5ClN4. The van der Waals surface area contributed by atoms with Crippen molar-refractivity contribution in [2.24, 2.45) is 0 Å². The van der Waals surface area contributed by atoms with E-state index in [1.54, 1.807) is 22.8 Å². The van der Waals surface area contributed by atoms with Crippen molar-refractivity contribution in [3.63, 3.8) is 0 Å². The van der Waals surface area contributed by atoms with E-state index in [0.29, 0.717) is 17.0 Å². The lowest BCUT2D eigenvalue weighted by Gasteiger charge is -1.90. The molecule has 0 saturated heterocycles. The molecule has 13 heavy (non-hydrogen) atoms. The first kappa shape index (κ1) is 8.02. The van der Waals surface area contributed by atoms with Gasteiger partial charge in [-0.1, -0.05) is 0 Å². The second-order valence-electron chi connectivity index (χ2n) is 2.46. The number of fused-ring (bicyclic) bond motifs is 1. The molecule has 0 saturated carbocycles. The molecule has 64 valence electrons. The number of aromatic nitrogens is 3. The van der Waals surface area contributed by atoms with Gasteiger partial charge in [0.2, 0.25) is 0 Å². The lowest BCUT2D eigenvalue weighted by atomic mass is 10.3. The average molecular weight is 193 g/mol. The first-order chi connectivity index (χ1) is 6.35. The predicted octanol–water partition coefficient (Wildman–Crippen LogP) is 1.34. The van der Waals surface area contributed by atoms with Crippen LogP contribution in [0.2, 0.25) is 0 Å². The van der Waals surface area contributed by atoms with Crippen LogP contribution in [0, 0.1) is 11.3 Å². The molecule has 0 aromatic carbocycles. The Morgan fingerprint density at radius 3 is 3.15 bits per heavy atom. The zero-order chi connectivity index (χ0) is 9.26. The number of nitriles is 1. The highest BCUT2D eigenvalue weighted by atomic mass is 35.5. The Bertz CT molecular complexity index is 482. The van der Waals surface area contributed by atoms with Crippen LogP contribution in [-0.4, -0.2) is 14.6 Å². The highest BCUT2D eigenvalue weighted by Gasteiger charge is 2.05. The summed E-state index contributed by atoms with van der Waals surface area (Å²) in [4.78, 5) is 4.10. The lowest BCUT2D eigenvalue weighted by molar-refractivity contribution is 0.922. The summed E-state index contributed by atoms with van der Waals surface area (Å²) in [6, 6.07) is 5.49. The fourth-order valence-electron chi connectivity index (χ4n) is 1.09. The second kappa shape index (κ2) is 3.04. The lowest BCUT2D eigenvalue weighted by Crippen LogP contribution is -1.88. The van der Waals surface area contributed by atoms with E-state index in [9.17, 15) is 0 Å². The largest absolute Gasteiger partial charge is 0.219 e. The SMILES string of the molecule is N#Cc1cccn2nc(CCl)nc12. The van der Waals surface area contributed by atoms with Gasteiger partial charge in [0, 0.05) is 6.20 Å². The van der Waals surface area contributed by atoms with Gasteiger partial charge in [-0.05, 0) is 12.1 Å². The maximum Gasteiger partial charge on any atom is 0.173 e. The normalized spacial score (nSPS) is 10.2. The molecule has 0 fully saturated rings. The van der Waals surface area contributed by atoms with E-state index in [1.165, 1.54) is 0 Å². The number of hydrogen-bond acceptors (Lipinski definition) is 3. The van der Waals surface area contributed by atoms with Gasteiger partial charge in [0.1, 0.15) is 6.07 Å². The molecule has 5 heteroatoms. The molecule has 0 aliphatic carbocycles. The van der Waals surface area contributed by atoms with Gasteiger partial charge in [0.25, 0.3) is 0 Å². The molecule has 0 aliphatic rings. The van der Waals surface area contributed by atoms with E-state index in [0.717, 1.165) is 0 Å². The molecule has 2 rings (SSSR count). The van der Waals surface area contributed by atoms with Crippen molar-refractivity contribution in [3.05, 3.63) is 29.7 Å². The molecular weight excluding hydrogens is 188 g/mol. The number of hydrogen-bond donors (Lipinski definition) is 0. The Labute approximate surface area is 79.4 Å². The van der Waals surface area contributed by atoms with Crippen LogP contribution in [0.15, 0.2) is 18.3 Å². The number of alkyl halides is 1. The number of halogens is 1. The van der Waals surface area contributed by atoms with Crippen LogP contribution in [0.5, 0.6) is 0 Å². The third kappa shape index (κ3) is 1.23. The highest BCUT2D eigenvalue weighted by Crippen LogP contribution is 2.08.